The highest BCUT2D eigenvalue weighted by atomic mass is 16.2. The molecule has 3 heterocycles. The number of carbonyl (C=O) groups excluding carboxylic acids is 1. The van der Waals surface area contributed by atoms with Gasteiger partial charge in [0, 0.05) is 37.3 Å². The van der Waals surface area contributed by atoms with E-state index in [1.54, 1.807) is 0 Å². The minimum Gasteiger partial charge on any atom is -0.337 e. The Kier molecular flexibility index (Phi) is 4.78. The Hall–Kier alpha value is -2.44. The number of aromatic amines is 1. The van der Waals surface area contributed by atoms with E-state index in [4.69, 9.17) is 0 Å². The Balaban J connectivity index is 1.77. The van der Waals surface area contributed by atoms with Crippen molar-refractivity contribution in [1.82, 2.24) is 24.9 Å². The first-order valence-electron chi connectivity index (χ1n) is 8.48. The highest BCUT2D eigenvalue weighted by Crippen LogP contribution is 2.26. The maximum absolute atomic E-state index is 12.8. The molecule has 24 heavy (non-hydrogen) atoms. The monoisotopic (exact) mass is 329 g/mol. The van der Waals surface area contributed by atoms with Crippen LogP contribution in [-0.4, -0.2) is 43.9 Å². The summed E-state index contributed by atoms with van der Waals surface area (Å²) in [4.78, 5) is 26.4. The first kappa shape index (κ1) is 16.4. The molecule has 1 amide bonds. The number of carbonyl (C=O) groups is 1. The molecule has 128 valence electrons. The Morgan fingerprint density at radius 1 is 1.42 bits per heavy atom. The van der Waals surface area contributed by atoms with Crippen LogP contribution in [0.1, 0.15) is 54.0 Å². The van der Waals surface area contributed by atoms with Crippen molar-refractivity contribution < 1.29 is 4.79 Å². The van der Waals surface area contributed by atoms with E-state index in [1.165, 1.54) is 16.8 Å². The zero-order valence-corrected chi connectivity index (χ0v) is 14.2. The van der Waals surface area contributed by atoms with Crippen LogP contribution in [0.25, 0.3) is 0 Å². The number of hydrogen-bond acceptors (Lipinski definition) is 4. The van der Waals surface area contributed by atoms with E-state index < -0.39 is 0 Å². The molecule has 1 aliphatic rings. The molecule has 2 aromatic heterocycles. The van der Waals surface area contributed by atoms with Crippen molar-refractivity contribution in [3.8, 4) is 0 Å². The number of amides is 1. The summed E-state index contributed by atoms with van der Waals surface area (Å²) in [6.45, 7) is 5.83. The van der Waals surface area contributed by atoms with E-state index in [2.05, 4.69) is 15.3 Å². The average molecular weight is 329 g/mol. The first-order chi connectivity index (χ1) is 11.6. The van der Waals surface area contributed by atoms with Crippen LogP contribution in [0.2, 0.25) is 0 Å². The van der Waals surface area contributed by atoms with E-state index in [1.807, 2.05) is 24.8 Å². The lowest BCUT2D eigenvalue weighted by atomic mass is 9.94. The van der Waals surface area contributed by atoms with Gasteiger partial charge in [0.05, 0.1) is 5.69 Å². The van der Waals surface area contributed by atoms with Gasteiger partial charge in [-0.1, -0.05) is 6.92 Å². The third kappa shape index (κ3) is 3.39. The van der Waals surface area contributed by atoms with Crippen molar-refractivity contribution in [2.75, 3.05) is 13.1 Å². The minimum absolute atomic E-state index is 0.114. The van der Waals surface area contributed by atoms with Crippen molar-refractivity contribution in [2.45, 2.75) is 45.6 Å². The molecule has 7 nitrogen and oxygen atoms in total. The molecule has 1 atom stereocenters. The number of aryl methyl sites for hydroxylation is 2. The number of nitrogens with zero attached hydrogens (tertiary/aromatic N) is 4. The summed E-state index contributed by atoms with van der Waals surface area (Å²) in [6, 6.07) is 4.99. The van der Waals surface area contributed by atoms with E-state index in [0.717, 1.165) is 30.7 Å². The van der Waals surface area contributed by atoms with Crippen molar-refractivity contribution in [3.63, 3.8) is 0 Å². The Labute approximate surface area is 140 Å². The summed E-state index contributed by atoms with van der Waals surface area (Å²) in [6.07, 6.45) is 2.77. The van der Waals surface area contributed by atoms with Gasteiger partial charge in [0.15, 0.2) is 0 Å². The number of likely N-dealkylation sites (tertiary alicyclic amines) is 1. The van der Waals surface area contributed by atoms with Gasteiger partial charge in [0.25, 0.3) is 11.5 Å². The Morgan fingerprint density at radius 2 is 2.25 bits per heavy atom. The number of piperidine rings is 1. The smallest absolute Gasteiger partial charge is 0.274 e. The summed E-state index contributed by atoms with van der Waals surface area (Å²) < 4.78 is 1.37. The zero-order valence-electron chi connectivity index (χ0n) is 14.2. The molecule has 0 saturated carbocycles. The van der Waals surface area contributed by atoms with Crippen LogP contribution < -0.4 is 5.56 Å². The fraction of sp³-hybridized carbons (Fsp3) is 0.529. The summed E-state index contributed by atoms with van der Waals surface area (Å²) >= 11 is 0. The van der Waals surface area contributed by atoms with Crippen molar-refractivity contribution in [1.29, 1.82) is 0 Å². The largest absolute Gasteiger partial charge is 0.337 e. The van der Waals surface area contributed by atoms with E-state index in [-0.39, 0.29) is 17.4 Å². The minimum atomic E-state index is -0.170. The zero-order chi connectivity index (χ0) is 17.1. The van der Waals surface area contributed by atoms with Crippen molar-refractivity contribution in [2.24, 2.45) is 0 Å². The topological polar surface area (TPSA) is 83.9 Å². The number of rotatable bonds is 4. The second kappa shape index (κ2) is 6.98. The number of aromatic nitrogens is 4. The third-order valence-electron chi connectivity index (χ3n) is 4.37. The standard InChI is InChI=1S/C17H23N5O2/c1-3-8-22-16(23)7-6-14(20-22)17(24)21-9-4-5-13(11-21)15-10-12(2)18-19-15/h6-7,10,13H,3-5,8-9,11H2,1-2H3,(H,18,19). The lowest BCUT2D eigenvalue weighted by Crippen LogP contribution is -2.40. The van der Waals surface area contributed by atoms with Crippen molar-refractivity contribution >= 4 is 5.91 Å². The van der Waals surface area contributed by atoms with Crippen molar-refractivity contribution in [3.05, 3.63) is 45.6 Å². The van der Waals surface area contributed by atoms with Gasteiger partial charge in [-0.15, -0.1) is 0 Å². The van der Waals surface area contributed by atoms with Gasteiger partial charge in [-0.3, -0.25) is 14.7 Å². The van der Waals surface area contributed by atoms with E-state index in [0.29, 0.717) is 25.3 Å². The number of hydrogen-bond donors (Lipinski definition) is 1. The average Bonchev–Trinajstić information content (AvgIpc) is 3.03. The van der Waals surface area contributed by atoms with Gasteiger partial charge < -0.3 is 4.90 Å². The molecule has 0 aromatic carbocycles. The first-order valence-corrected chi connectivity index (χ1v) is 8.48. The number of H-pyrrole nitrogens is 1. The molecular weight excluding hydrogens is 306 g/mol. The van der Waals surface area contributed by atoms with Gasteiger partial charge in [-0.2, -0.15) is 10.2 Å². The maximum Gasteiger partial charge on any atom is 0.274 e. The van der Waals surface area contributed by atoms with E-state index >= 15 is 0 Å². The highest BCUT2D eigenvalue weighted by Gasteiger charge is 2.27. The second-order valence-corrected chi connectivity index (χ2v) is 6.35. The lowest BCUT2D eigenvalue weighted by molar-refractivity contribution is 0.0697. The predicted octanol–water partition coefficient (Wildman–Crippen LogP) is 1.70. The molecule has 0 bridgehead atoms. The Morgan fingerprint density at radius 3 is 2.96 bits per heavy atom. The molecular formula is C17H23N5O2. The van der Waals surface area contributed by atoms with Gasteiger partial charge in [0.1, 0.15) is 5.69 Å². The lowest BCUT2D eigenvalue weighted by Gasteiger charge is -2.31. The fourth-order valence-electron chi connectivity index (χ4n) is 3.15. The Bertz CT molecular complexity index is 779. The molecule has 3 rings (SSSR count). The molecule has 1 N–H and O–H groups in total. The predicted molar refractivity (Wildman–Crippen MR) is 90.0 cm³/mol. The summed E-state index contributed by atoms with van der Waals surface area (Å²) in [5, 5.41) is 11.5. The SMILES string of the molecule is CCCn1nc(C(=O)N2CCCC(c3cc(C)[nH]n3)C2)ccc1=O. The van der Waals surface area contributed by atoms with Crippen LogP contribution in [0.3, 0.4) is 0 Å². The normalized spacial score (nSPS) is 17.9. The van der Waals surface area contributed by atoms with E-state index in [9.17, 15) is 9.59 Å². The second-order valence-electron chi connectivity index (χ2n) is 6.35. The highest BCUT2D eigenvalue weighted by molar-refractivity contribution is 5.92. The molecule has 0 aliphatic carbocycles. The quantitative estimate of drug-likeness (QED) is 0.925. The molecule has 1 aliphatic heterocycles. The fourth-order valence-corrected chi connectivity index (χ4v) is 3.15. The molecule has 1 saturated heterocycles. The molecule has 0 spiro atoms. The van der Waals surface area contributed by atoms with Gasteiger partial charge in [-0.05, 0) is 38.3 Å². The third-order valence-corrected chi connectivity index (χ3v) is 4.37. The summed E-state index contributed by atoms with van der Waals surface area (Å²) in [5.41, 5.74) is 2.20. The van der Waals surface area contributed by atoms with Crippen LogP contribution in [0.5, 0.6) is 0 Å². The van der Waals surface area contributed by atoms with Crippen LogP contribution in [0.15, 0.2) is 23.0 Å². The molecule has 0 radical (unpaired) electrons. The van der Waals surface area contributed by atoms with Crippen LogP contribution in [0, 0.1) is 6.92 Å². The molecule has 7 heteroatoms. The van der Waals surface area contributed by atoms with Gasteiger partial charge in [0.2, 0.25) is 0 Å². The van der Waals surface area contributed by atoms with Crippen LogP contribution >= 0.6 is 0 Å². The molecule has 1 fully saturated rings. The molecule has 2 aromatic rings. The van der Waals surface area contributed by atoms with Crippen LogP contribution in [0.4, 0.5) is 0 Å². The number of nitrogens with one attached hydrogen (secondary N) is 1. The summed E-state index contributed by atoms with van der Waals surface area (Å²) in [5.74, 6) is 0.131. The summed E-state index contributed by atoms with van der Waals surface area (Å²) in [7, 11) is 0. The van der Waals surface area contributed by atoms with Crippen LogP contribution in [-0.2, 0) is 6.54 Å². The molecule has 1 unspecified atom stereocenters. The maximum atomic E-state index is 12.8. The van der Waals surface area contributed by atoms with Gasteiger partial charge >= 0.3 is 0 Å². The van der Waals surface area contributed by atoms with Gasteiger partial charge in [-0.25, -0.2) is 4.68 Å².